The standard InChI is InChI=1S/C27H25FN6O3/c1-37-24-5-3-2-4-21(24)22-10-11-26(35)34(31-22)17-27(36)33-14-12-32(13-15-33)25-16-23(29-18-30-25)19-6-8-20(28)9-7-19/h2-11,16,18H,12-15,17H2,1H3. The van der Waals surface area contributed by atoms with Crippen molar-refractivity contribution in [3.63, 3.8) is 0 Å². The Morgan fingerprint density at radius 2 is 1.70 bits per heavy atom. The van der Waals surface area contributed by atoms with Gasteiger partial charge in [-0.2, -0.15) is 5.10 Å². The Morgan fingerprint density at radius 1 is 0.946 bits per heavy atom. The first-order valence-corrected chi connectivity index (χ1v) is 11.8. The van der Waals surface area contributed by atoms with Crippen LogP contribution in [0.3, 0.4) is 0 Å². The Labute approximate surface area is 212 Å². The van der Waals surface area contributed by atoms with E-state index >= 15 is 0 Å². The number of carbonyl (C=O) groups is 1. The number of aromatic nitrogens is 4. The third-order valence-corrected chi connectivity index (χ3v) is 6.28. The number of halogens is 1. The summed E-state index contributed by atoms with van der Waals surface area (Å²) in [5, 5.41) is 4.42. The van der Waals surface area contributed by atoms with Crippen LogP contribution in [0.4, 0.5) is 10.2 Å². The lowest BCUT2D eigenvalue weighted by molar-refractivity contribution is -0.132. The maximum Gasteiger partial charge on any atom is 0.267 e. The fourth-order valence-electron chi connectivity index (χ4n) is 4.27. The van der Waals surface area contributed by atoms with E-state index in [9.17, 15) is 14.0 Å². The Balaban J connectivity index is 1.25. The first-order valence-electron chi connectivity index (χ1n) is 11.8. The molecule has 0 spiro atoms. The van der Waals surface area contributed by atoms with Gasteiger partial charge in [0.2, 0.25) is 5.91 Å². The maximum atomic E-state index is 13.3. The molecule has 0 atom stereocenters. The van der Waals surface area contributed by atoms with E-state index < -0.39 is 0 Å². The van der Waals surface area contributed by atoms with Gasteiger partial charge in [0, 0.05) is 49.4 Å². The maximum absolute atomic E-state index is 13.3. The first kappa shape index (κ1) is 24.1. The minimum atomic E-state index is -0.347. The Kier molecular flexibility index (Phi) is 6.89. The Hall–Kier alpha value is -4.60. The minimum absolute atomic E-state index is 0.149. The van der Waals surface area contributed by atoms with Crippen LogP contribution in [-0.2, 0) is 11.3 Å². The molecule has 1 aliphatic heterocycles. The molecule has 3 heterocycles. The van der Waals surface area contributed by atoms with Crippen molar-refractivity contribution in [2.24, 2.45) is 0 Å². The molecule has 0 saturated carbocycles. The molecule has 10 heteroatoms. The number of nitrogens with zero attached hydrogens (tertiary/aromatic N) is 6. The molecule has 2 aromatic carbocycles. The van der Waals surface area contributed by atoms with Crippen molar-refractivity contribution in [1.29, 1.82) is 0 Å². The van der Waals surface area contributed by atoms with Gasteiger partial charge in [0.05, 0.1) is 18.5 Å². The molecule has 4 aromatic rings. The van der Waals surface area contributed by atoms with Crippen molar-refractivity contribution in [2.45, 2.75) is 6.54 Å². The number of para-hydroxylation sites is 1. The zero-order valence-electron chi connectivity index (χ0n) is 20.2. The third-order valence-electron chi connectivity index (χ3n) is 6.28. The zero-order valence-corrected chi connectivity index (χ0v) is 20.2. The Morgan fingerprint density at radius 3 is 2.46 bits per heavy atom. The first-order chi connectivity index (χ1) is 18.0. The summed E-state index contributed by atoms with van der Waals surface area (Å²) < 4.78 is 19.9. The summed E-state index contributed by atoms with van der Waals surface area (Å²) in [4.78, 5) is 37.9. The minimum Gasteiger partial charge on any atom is -0.496 e. The molecule has 9 nitrogen and oxygen atoms in total. The molecule has 0 unspecified atom stereocenters. The smallest absolute Gasteiger partial charge is 0.267 e. The van der Waals surface area contributed by atoms with Crippen molar-refractivity contribution in [3.05, 3.63) is 89.2 Å². The number of benzene rings is 2. The van der Waals surface area contributed by atoms with E-state index in [0.717, 1.165) is 16.9 Å². The molecule has 2 aromatic heterocycles. The van der Waals surface area contributed by atoms with E-state index in [4.69, 9.17) is 4.74 Å². The molecule has 37 heavy (non-hydrogen) atoms. The fourth-order valence-corrected chi connectivity index (χ4v) is 4.27. The van der Waals surface area contributed by atoms with E-state index in [0.29, 0.717) is 43.3 Å². The zero-order chi connectivity index (χ0) is 25.8. The van der Waals surface area contributed by atoms with Gasteiger partial charge in [-0.05, 0) is 42.5 Å². The lowest BCUT2D eigenvalue weighted by atomic mass is 10.1. The molecule has 1 saturated heterocycles. The van der Waals surface area contributed by atoms with E-state index in [2.05, 4.69) is 20.0 Å². The molecule has 0 radical (unpaired) electrons. The van der Waals surface area contributed by atoms with Gasteiger partial charge >= 0.3 is 0 Å². The van der Waals surface area contributed by atoms with Crippen molar-refractivity contribution in [1.82, 2.24) is 24.6 Å². The monoisotopic (exact) mass is 500 g/mol. The van der Waals surface area contributed by atoms with Crippen LogP contribution in [0.25, 0.3) is 22.5 Å². The van der Waals surface area contributed by atoms with Gasteiger partial charge in [-0.3, -0.25) is 9.59 Å². The van der Waals surface area contributed by atoms with E-state index in [-0.39, 0.29) is 23.8 Å². The number of amides is 1. The summed E-state index contributed by atoms with van der Waals surface area (Å²) >= 11 is 0. The largest absolute Gasteiger partial charge is 0.496 e. The van der Waals surface area contributed by atoms with Crippen LogP contribution in [0.2, 0.25) is 0 Å². The molecule has 188 valence electrons. The summed E-state index contributed by atoms with van der Waals surface area (Å²) in [6.45, 7) is 1.97. The van der Waals surface area contributed by atoms with Crippen molar-refractivity contribution in [2.75, 3.05) is 38.2 Å². The summed E-state index contributed by atoms with van der Waals surface area (Å²) in [7, 11) is 1.57. The summed E-state index contributed by atoms with van der Waals surface area (Å²) in [6.07, 6.45) is 1.48. The highest BCUT2D eigenvalue weighted by Gasteiger charge is 2.23. The third kappa shape index (κ3) is 5.32. The number of piperazine rings is 1. The van der Waals surface area contributed by atoms with Crippen molar-refractivity contribution in [3.8, 4) is 28.3 Å². The molecule has 0 N–H and O–H groups in total. The lowest BCUT2D eigenvalue weighted by Gasteiger charge is -2.35. The molecular weight excluding hydrogens is 475 g/mol. The van der Waals surface area contributed by atoms with Gasteiger partial charge in [0.25, 0.3) is 5.56 Å². The van der Waals surface area contributed by atoms with Crippen LogP contribution in [0.5, 0.6) is 5.75 Å². The molecule has 0 bridgehead atoms. The lowest BCUT2D eigenvalue weighted by Crippen LogP contribution is -2.50. The second kappa shape index (κ2) is 10.6. The van der Waals surface area contributed by atoms with Crippen LogP contribution in [-0.4, -0.2) is 63.8 Å². The number of ether oxygens (including phenoxy) is 1. The van der Waals surface area contributed by atoms with Crippen LogP contribution in [0, 0.1) is 5.82 Å². The molecular formula is C27H25FN6O3. The van der Waals surface area contributed by atoms with Crippen molar-refractivity contribution < 1.29 is 13.9 Å². The van der Waals surface area contributed by atoms with E-state index in [1.54, 1.807) is 30.2 Å². The highest BCUT2D eigenvalue weighted by Crippen LogP contribution is 2.27. The van der Waals surface area contributed by atoms with Crippen LogP contribution >= 0.6 is 0 Å². The summed E-state index contributed by atoms with van der Waals surface area (Å²) in [5.74, 6) is 0.891. The fraction of sp³-hybridized carbons (Fsp3) is 0.222. The number of rotatable bonds is 6. The van der Waals surface area contributed by atoms with E-state index in [1.807, 2.05) is 30.3 Å². The molecule has 1 fully saturated rings. The quantitative estimate of drug-likeness (QED) is 0.402. The second-order valence-electron chi connectivity index (χ2n) is 8.55. The topological polar surface area (TPSA) is 93.5 Å². The van der Waals surface area contributed by atoms with Gasteiger partial charge in [0.15, 0.2) is 0 Å². The second-order valence-corrected chi connectivity index (χ2v) is 8.55. The summed E-state index contributed by atoms with van der Waals surface area (Å²) in [6, 6.07) is 18.4. The molecule has 1 amide bonds. The average Bonchev–Trinajstić information content (AvgIpc) is 2.95. The molecule has 1 aliphatic rings. The SMILES string of the molecule is COc1ccccc1-c1ccc(=O)n(CC(=O)N2CCN(c3cc(-c4ccc(F)cc4)ncn3)CC2)n1. The number of methoxy groups -OCH3 is 1. The van der Waals surface area contributed by atoms with E-state index in [1.165, 1.54) is 29.2 Å². The van der Waals surface area contributed by atoms with Crippen LogP contribution < -0.4 is 15.2 Å². The van der Waals surface area contributed by atoms with Gasteiger partial charge in [-0.1, -0.05) is 12.1 Å². The predicted octanol–water partition coefficient (Wildman–Crippen LogP) is 2.86. The Bertz CT molecular complexity index is 1470. The molecule has 5 rings (SSSR count). The van der Waals surface area contributed by atoms with Crippen LogP contribution in [0.15, 0.2) is 77.9 Å². The van der Waals surface area contributed by atoms with Gasteiger partial charge in [0.1, 0.15) is 30.3 Å². The number of hydrogen-bond acceptors (Lipinski definition) is 7. The van der Waals surface area contributed by atoms with Gasteiger partial charge in [-0.15, -0.1) is 0 Å². The normalized spacial score (nSPS) is 13.5. The number of carbonyl (C=O) groups excluding carboxylic acids is 1. The highest BCUT2D eigenvalue weighted by molar-refractivity contribution is 5.76. The molecule has 0 aliphatic carbocycles. The van der Waals surface area contributed by atoms with Gasteiger partial charge < -0.3 is 14.5 Å². The summed E-state index contributed by atoms with van der Waals surface area (Å²) in [5.41, 5.74) is 2.44. The highest BCUT2D eigenvalue weighted by atomic mass is 19.1. The van der Waals surface area contributed by atoms with Crippen molar-refractivity contribution >= 4 is 11.7 Å². The predicted molar refractivity (Wildman–Crippen MR) is 137 cm³/mol. The number of anilines is 1. The van der Waals surface area contributed by atoms with Crippen LogP contribution in [0.1, 0.15) is 0 Å². The number of hydrogen-bond donors (Lipinski definition) is 0. The average molecular weight is 501 g/mol. The van der Waals surface area contributed by atoms with Gasteiger partial charge in [-0.25, -0.2) is 19.0 Å².